The van der Waals surface area contributed by atoms with Crippen LogP contribution in [0, 0.1) is 10.7 Å². The molecule has 1 fully saturated rings. The van der Waals surface area contributed by atoms with Gasteiger partial charge in [-0.2, -0.15) is 0 Å². The van der Waals surface area contributed by atoms with Gasteiger partial charge in [-0.3, -0.25) is 9.69 Å². The fourth-order valence-electron chi connectivity index (χ4n) is 3.86. The van der Waals surface area contributed by atoms with Crippen molar-refractivity contribution in [2.24, 2.45) is 5.18 Å². The zero-order valence-electron chi connectivity index (χ0n) is 19.0. The van der Waals surface area contributed by atoms with E-state index >= 15 is 0 Å². The summed E-state index contributed by atoms with van der Waals surface area (Å²) < 4.78 is 20.1. The molecule has 3 atom stereocenters. The summed E-state index contributed by atoms with van der Waals surface area (Å²) in [6.45, 7) is 6.69. The van der Waals surface area contributed by atoms with Crippen LogP contribution in [0.3, 0.4) is 0 Å². The number of hydrogen-bond donors (Lipinski definition) is 2. The molecule has 0 spiro atoms. The van der Waals surface area contributed by atoms with Crippen LogP contribution in [0.15, 0.2) is 54.3 Å². The Hall–Kier alpha value is -2.52. The van der Waals surface area contributed by atoms with E-state index in [9.17, 15) is 24.3 Å². The van der Waals surface area contributed by atoms with E-state index in [0.717, 1.165) is 24.8 Å². The second-order valence-corrected chi connectivity index (χ2v) is 7.99. The number of allylic oxidation sites excluding steroid dienone is 5. The van der Waals surface area contributed by atoms with Crippen LogP contribution >= 0.6 is 0 Å². The highest BCUT2D eigenvalue weighted by atomic mass is 19.1. The number of β-amino-alcohol motifs (C(OH)–C–C–N with tert-alkyl or cyclic N) is 1. The first kappa shape index (κ1) is 26.7. The van der Waals surface area contributed by atoms with Crippen molar-refractivity contribution in [2.75, 3.05) is 26.3 Å². The fourth-order valence-corrected chi connectivity index (χ4v) is 3.86. The Kier molecular flexibility index (Phi) is 11.3. The average molecular weight is 461 g/mol. The molecule has 1 unspecified atom stereocenters. The number of Topliss-reactive ketones (excluding diaryl/α,β-unsaturated/α-hetero) is 1. The van der Waals surface area contributed by atoms with Gasteiger partial charge in [-0.15, -0.1) is 4.91 Å². The van der Waals surface area contributed by atoms with Gasteiger partial charge in [0.05, 0.1) is 19.3 Å². The van der Waals surface area contributed by atoms with E-state index in [-0.39, 0.29) is 19.0 Å². The smallest absolute Gasteiger partial charge is 0.192 e. The summed E-state index contributed by atoms with van der Waals surface area (Å²) in [5.41, 5.74) is 1.95. The molecule has 1 aliphatic heterocycles. The van der Waals surface area contributed by atoms with Crippen LogP contribution in [0.25, 0.3) is 5.57 Å². The van der Waals surface area contributed by atoms with Crippen LogP contribution < -0.4 is 0 Å². The topological polar surface area (TPSA) is 99.4 Å². The molecule has 8 heteroatoms. The van der Waals surface area contributed by atoms with Gasteiger partial charge in [-0.05, 0) is 49.9 Å². The molecule has 0 aliphatic carbocycles. The van der Waals surface area contributed by atoms with Crippen LogP contribution in [-0.2, 0) is 16.1 Å². The van der Waals surface area contributed by atoms with Crippen molar-refractivity contribution in [1.82, 2.24) is 4.90 Å². The van der Waals surface area contributed by atoms with E-state index in [1.165, 1.54) is 6.07 Å². The number of carbonyl (C=O) groups is 1. The maximum absolute atomic E-state index is 14.5. The van der Waals surface area contributed by atoms with Gasteiger partial charge in [0.25, 0.3) is 0 Å². The van der Waals surface area contributed by atoms with Gasteiger partial charge in [0.1, 0.15) is 11.9 Å². The molecule has 2 rings (SSSR count). The minimum atomic E-state index is -1.26. The monoisotopic (exact) mass is 460 g/mol. The zero-order valence-corrected chi connectivity index (χ0v) is 19.0. The summed E-state index contributed by atoms with van der Waals surface area (Å²) in [7, 11) is 0. The predicted molar refractivity (Wildman–Crippen MR) is 126 cm³/mol. The summed E-state index contributed by atoms with van der Waals surface area (Å²) in [6.07, 6.45) is 8.22. The molecule has 7 nitrogen and oxygen atoms in total. The number of ketones is 1. The molecule has 1 aromatic rings. The Morgan fingerprint density at radius 2 is 2.15 bits per heavy atom. The number of nitroso groups, excluding NO2 is 1. The molecule has 1 saturated heterocycles. The summed E-state index contributed by atoms with van der Waals surface area (Å²) >= 11 is 0. The minimum absolute atomic E-state index is 0.0889. The van der Waals surface area contributed by atoms with E-state index < -0.39 is 24.0 Å². The van der Waals surface area contributed by atoms with Crippen molar-refractivity contribution in [3.63, 3.8) is 0 Å². The van der Waals surface area contributed by atoms with Crippen LogP contribution in [0.5, 0.6) is 0 Å². The maximum Gasteiger partial charge on any atom is 0.192 e. The van der Waals surface area contributed by atoms with Gasteiger partial charge in [0.2, 0.25) is 0 Å². The Morgan fingerprint density at radius 3 is 2.79 bits per heavy atom. The number of carbonyl (C=O) groups excluding carboxylic acids is 1. The third-order valence-corrected chi connectivity index (χ3v) is 5.70. The van der Waals surface area contributed by atoms with Crippen molar-refractivity contribution >= 4 is 11.4 Å². The highest BCUT2D eigenvalue weighted by molar-refractivity contribution is 5.90. The molecule has 0 bridgehead atoms. The Bertz CT molecular complexity index is 870. The number of piperidine rings is 1. The lowest BCUT2D eigenvalue weighted by Gasteiger charge is -2.38. The van der Waals surface area contributed by atoms with Crippen molar-refractivity contribution in [1.29, 1.82) is 0 Å². The van der Waals surface area contributed by atoms with Gasteiger partial charge in [-0.1, -0.05) is 48.2 Å². The number of aliphatic hydroxyl groups is 2. The van der Waals surface area contributed by atoms with Crippen molar-refractivity contribution in [3.05, 3.63) is 70.9 Å². The number of likely N-dealkylation sites (tertiary alicyclic amines) is 1. The fraction of sp³-hybridized carbons (Fsp3) is 0.480. The number of hydrogen-bond acceptors (Lipinski definition) is 7. The molecule has 0 aromatic heterocycles. The lowest BCUT2D eigenvalue weighted by molar-refractivity contribution is -0.137. The van der Waals surface area contributed by atoms with Crippen molar-refractivity contribution < 1.29 is 24.1 Å². The zero-order chi connectivity index (χ0) is 24.2. The normalized spacial score (nSPS) is 22.1. The molecule has 0 amide bonds. The lowest BCUT2D eigenvalue weighted by atomic mass is 9.93. The Balaban J connectivity index is 1.73. The largest absolute Gasteiger partial charge is 0.395 e. The van der Waals surface area contributed by atoms with Crippen LogP contribution in [0.2, 0.25) is 0 Å². The van der Waals surface area contributed by atoms with Crippen molar-refractivity contribution in [2.45, 2.75) is 51.0 Å². The molecular formula is C25H33FN2O5. The first-order valence-corrected chi connectivity index (χ1v) is 11.2. The number of aliphatic hydroxyl groups excluding tert-OH is 2. The van der Waals surface area contributed by atoms with Gasteiger partial charge < -0.3 is 14.9 Å². The lowest BCUT2D eigenvalue weighted by Crippen LogP contribution is -2.59. The van der Waals surface area contributed by atoms with Crippen LogP contribution in [0.1, 0.15) is 37.3 Å². The Morgan fingerprint density at radius 1 is 1.36 bits per heavy atom. The van der Waals surface area contributed by atoms with Crippen molar-refractivity contribution in [3.8, 4) is 0 Å². The van der Waals surface area contributed by atoms with Gasteiger partial charge in [0, 0.05) is 18.7 Å². The predicted octanol–water partition coefficient (Wildman–Crippen LogP) is 3.40. The van der Waals surface area contributed by atoms with E-state index in [4.69, 9.17) is 4.74 Å². The van der Waals surface area contributed by atoms with Gasteiger partial charge in [0.15, 0.2) is 11.8 Å². The molecule has 1 aliphatic rings. The maximum atomic E-state index is 14.5. The summed E-state index contributed by atoms with van der Waals surface area (Å²) in [6, 6.07) is 3.09. The van der Waals surface area contributed by atoms with Gasteiger partial charge >= 0.3 is 0 Å². The number of ether oxygens (including phenoxy) is 1. The number of halogens is 1. The summed E-state index contributed by atoms with van der Waals surface area (Å²) in [5, 5.41) is 22.2. The molecular weight excluding hydrogens is 427 g/mol. The molecule has 2 N–H and O–H groups in total. The number of rotatable bonds is 13. The second-order valence-electron chi connectivity index (χ2n) is 7.99. The Labute approximate surface area is 194 Å². The van der Waals surface area contributed by atoms with E-state index in [2.05, 4.69) is 11.8 Å². The summed E-state index contributed by atoms with van der Waals surface area (Å²) in [4.78, 5) is 24.5. The van der Waals surface area contributed by atoms with E-state index in [1.54, 1.807) is 17.0 Å². The average Bonchev–Trinajstić information content (AvgIpc) is 2.81. The quantitative estimate of drug-likeness (QED) is 0.266. The van der Waals surface area contributed by atoms with Crippen LogP contribution in [-0.4, -0.2) is 65.4 Å². The SMILES string of the molecule is C=C/C(=C\C=C/C)c1ccc(COCCCCCN2C[C@H](O)C(=O)C(N=O)[C@@H]2CO)cc1F. The molecule has 1 heterocycles. The molecule has 1 aromatic carbocycles. The summed E-state index contributed by atoms with van der Waals surface area (Å²) in [5.74, 6) is -0.955. The molecule has 0 radical (unpaired) electrons. The minimum Gasteiger partial charge on any atom is -0.395 e. The third-order valence-electron chi connectivity index (χ3n) is 5.70. The first-order chi connectivity index (χ1) is 16.0. The molecule has 180 valence electrons. The van der Waals surface area contributed by atoms with E-state index in [0.29, 0.717) is 30.9 Å². The number of nitrogens with zero attached hydrogens (tertiary/aromatic N) is 2. The van der Waals surface area contributed by atoms with Gasteiger partial charge in [-0.25, -0.2) is 4.39 Å². The third kappa shape index (κ3) is 7.50. The van der Waals surface area contributed by atoms with Crippen LogP contribution in [0.4, 0.5) is 4.39 Å². The standard InChI is InChI=1S/C25H33FN2O5/c1-3-5-9-19(4-2)20-11-10-18(14-21(20)26)17-33-13-8-6-7-12-28-15-23(30)25(31)24(27-32)22(28)16-29/h3-5,9-11,14,22-24,29-30H,2,6-8,12-13,15-17H2,1H3/b5-3-,19-9+/t22-,23-,24?/m0/s1. The number of unbranched alkanes of at least 4 members (excludes halogenated alkanes) is 2. The second kappa shape index (κ2) is 13.9. The molecule has 33 heavy (non-hydrogen) atoms. The highest BCUT2D eigenvalue weighted by Crippen LogP contribution is 2.22. The van der Waals surface area contributed by atoms with E-state index in [1.807, 2.05) is 31.2 Å². The highest BCUT2D eigenvalue weighted by Gasteiger charge is 2.42. The number of benzene rings is 1. The molecule has 0 saturated carbocycles. The first-order valence-electron chi connectivity index (χ1n) is 11.2.